The molecule has 35 heavy (non-hydrogen) atoms. The van der Waals surface area contributed by atoms with Crippen LogP contribution in [0.3, 0.4) is 0 Å². The molecule has 4 rings (SSSR count). The Kier molecular flexibility index (Phi) is 6.52. The first-order valence-corrected chi connectivity index (χ1v) is 12.3. The first kappa shape index (κ1) is 24.3. The molecule has 1 aliphatic heterocycles. The minimum Gasteiger partial charge on any atom is -0.365 e. The number of carbonyl (C=O) groups excluding carboxylic acids is 1. The second-order valence-corrected chi connectivity index (χ2v) is 9.63. The summed E-state index contributed by atoms with van der Waals surface area (Å²) in [6.07, 6.45) is -2.09. The molecule has 13 heteroatoms. The minimum absolute atomic E-state index is 0.0925. The van der Waals surface area contributed by atoms with Crippen LogP contribution in [0.2, 0.25) is 0 Å². The molecule has 1 aromatic heterocycles. The number of carbonyl (C=O) groups is 1. The van der Waals surface area contributed by atoms with Gasteiger partial charge < -0.3 is 16.0 Å². The number of benzene rings is 2. The fraction of sp³-hybridized carbons (Fsp3) is 0.227. The fourth-order valence-corrected chi connectivity index (χ4v) is 4.11. The van der Waals surface area contributed by atoms with Gasteiger partial charge in [-0.3, -0.25) is 9.52 Å². The Labute approximate surface area is 199 Å². The molecule has 0 bridgehead atoms. The minimum atomic E-state index is -4.72. The molecule has 1 aliphatic rings. The quantitative estimate of drug-likeness (QED) is 0.380. The second-order valence-electron chi connectivity index (χ2n) is 7.88. The molecule has 3 aromatic rings. The Bertz CT molecular complexity index is 1380. The highest BCUT2D eigenvalue weighted by Gasteiger charge is 2.35. The molecule has 0 aliphatic carbocycles. The van der Waals surface area contributed by atoms with Crippen LogP contribution in [0.15, 0.2) is 48.7 Å². The summed E-state index contributed by atoms with van der Waals surface area (Å²) >= 11 is 0. The van der Waals surface area contributed by atoms with Crippen molar-refractivity contribution < 1.29 is 26.4 Å². The van der Waals surface area contributed by atoms with E-state index in [4.69, 9.17) is 0 Å². The first-order valence-electron chi connectivity index (χ1n) is 10.4. The van der Waals surface area contributed by atoms with Crippen LogP contribution < -0.4 is 20.7 Å². The van der Waals surface area contributed by atoms with E-state index in [9.17, 15) is 26.4 Å². The number of aromatic nitrogens is 2. The normalized spacial score (nSPS) is 13.5. The standard InChI is InChI=1S/C22H21F3N6O3S/c1-35(33,34)31-17-5-3-2-4-14(17)11-26-20-16(22(23,24)25)12-27-21(30-20)28-15-8-6-13-7-9-19(32)29-18(13)10-15/h2-6,8,10,12,31H,7,9,11H2,1H3,(H,29,32)(H2,26,27,28,30). The van der Waals surface area contributed by atoms with E-state index in [1.165, 1.54) is 6.07 Å². The summed E-state index contributed by atoms with van der Waals surface area (Å²) in [6, 6.07) is 11.5. The number of nitrogens with one attached hydrogen (secondary N) is 4. The Balaban J connectivity index is 1.59. The maximum Gasteiger partial charge on any atom is 0.421 e. The van der Waals surface area contributed by atoms with Crippen LogP contribution in [0.4, 0.5) is 42.0 Å². The first-order chi connectivity index (χ1) is 16.5. The summed E-state index contributed by atoms with van der Waals surface area (Å²) in [5.74, 6) is -0.682. The molecule has 2 aromatic carbocycles. The monoisotopic (exact) mass is 506 g/mol. The molecule has 0 saturated carbocycles. The summed E-state index contributed by atoms with van der Waals surface area (Å²) in [4.78, 5) is 19.4. The van der Waals surface area contributed by atoms with Crippen LogP contribution in [0.1, 0.15) is 23.1 Å². The highest BCUT2D eigenvalue weighted by atomic mass is 32.2. The molecular weight excluding hydrogens is 485 g/mol. The lowest BCUT2D eigenvalue weighted by Crippen LogP contribution is -2.19. The maximum atomic E-state index is 13.6. The summed E-state index contributed by atoms with van der Waals surface area (Å²) in [7, 11) is -3.59. The van der Waals surface area contributed by atoms with Crippen LogP contribution in [-0.4, -0.2) is 30.5 Å². The SMILES string of the molecule is CS(=O)(=O)Nc1ccccc1CNc1nc(Nc2ccc3c(c2)NC(=O)CC3)ncc1C(F)(F)F. The summed E-state index contributed by atoms with van der Waals surface area (Å²) in [5, 5.41) is 8.25. The average Bonchev–Trinajstić information content (AvgIpc) is 2.76. The highest BCUT2D eigenvalue weighted by Crippen LogP contribution is 2.35. The van der Waals surface area contributed by atoms with Gasteiger partial charge in [0.05, 0.1) is 11.9 Å². The third-order valence-electron chi connectivity index (χ3n) is 5.11. The Morgan fingerprint density at radius 3 is 2.63 bits per heavy atom. The number of fused-ring (bicyclic) bond motifs is 1. The summed E-state index contributed by atoms with van der Waals surface area (Å²) < 4.78 is 66.3. The van der Waals surface area contributed by atoms with Gasteiger partial charge in [0.25, 0.3) is 0 Å². The number of hydrogen-bond donors (Lipinski definition) is 4. The van der Waals surface area contributed by atoms with Crippen molar-refractivity contribution in [3.63, 3.8) is 0 Å². The number of rotatable bonds is 7. The number of halogens is 3. The lowest BCUT2D eigenvalue weighted by atomic mass is 10.0. The van der Waals surface area contributed by atoms with E-state index in [1.807, 2.05) is 6.07 Å². The number of amides is 1. The van der Waals surface area contributed by atoms with Gasteiger partial charge in [0.15, 0.2) is 0 Å². The molecule has 9 nitrogen and oxygen atoms in total. The van der Waals surface area contributed by atoms with Gasteiger partial charge in [-0.05, 0) is 35.7 Å². The predicted octanol–water partition coefficient (Wildman–Crippen LogP) is 4.11. The fourth-order valence-electron chi connectivity index (χ4n) is 3.52. The molecule has 0 radical (unpaired) electrons. The van der Waals surface area contributed by atoms with Crippen molar-refractivity contribution in [2.24, 2.45) is 0 Å². The molecule has 0 saturated heterocycles. The van der Waals surface area contributed by atoms with Gasteiger partial charge in [-0.25, -0.2) is 13.4 Å². The van der Waals surface area contributed by atoms with Crippen LogP contribution in [0.25, 0.3) is 0 Å². The van der Waals surface area contributed by atoms with E-state index < -0.39 is 27.6 Å². The average molecular weight is 507 g/mol. The van der Waals surface area contributed by atoms with E-state index in [0.29, 0.717) is 36.0 Å². The highest BCUT2D eigenvalue weighted by molar-refractivity contribution is 7.92. The zero-order valence-corrected chi connectivity index (χ0v) is 19.2. The lowest BCUT2D eigenvalue weighted by molar-refractivity contribution is -0.137. The van der Waals surface area contributed by atoms with Crippen LogP contribution in [-0.2, 0) is 34.0 Å². The number of alkyl halides is 3. The summed E-state index contributed by atoms with van der Waals surface area (Å²) in [6.45, 7) is -0.136. The van der Waals surface area contributed by atoms with Gasteiger partial charge in [-0.1, -0.05) is 24.3 Å². The van der Waals surface area contributed by atoms with Gasteiger partial charge >= 0.3 is 6.18 Å². The Morgan fingerprint density at radius 2 is 1.89 bits per heavy atom. The van der Waals surface area contributed by atoms with E-state index in [1.54, 1.807) is 30.3 Å². The third kappa shape index (κ3) is 6.18. The topological polar surface area (TPSA) is 125 Å². The number of aryl methyl sites for hydroxylation is 1. The molecule has 0 unspecified atom stereocenters. The van der Waals surface area contributed by atoms with E-state index >= 15 is 0 Å². The smallest absolute Gasteiger partial charge is 0.365 e. The molecule has 0 fully saturated rings. The largest absolute Gasteiger partial charge is 0.421 e. The van der Waals surface area contributed by atoms with Crippen LogP contribution >= 0.6 is 0 Å². The van der Waals surface area contributed by atoms with Gasteiger partial charge in [0.1, 0.15) is 11.4 Å². The van der Waals surface area contributed by atoms with Crippen molar-refractivity contribution in [3.8, 4) is 0 Å². The second kappa shape index (κ2) is 9.41. The van der Waals surface area contributed by atoms with E-state index in [0.717, 1.165) is 11.8 Å². The van der Waals surface area contributed by atoms with Crippen molar-refractivity contribution >= 4 is 44.8 Å². The lowest BCUT2D eigenvalue weighted by Gasteiger charge is -2.18. The number of sulfonamides is 1. The molecule has 0 spiro atoms. The van der Waals surface area contributed by atoms with Crippen LogP contribution in [0.5, 0.6) is 0 Å². The Morgan fingerprint density at radius 1 is 1.11 bits per heavy atom. The molecule has 1 amide bonds. The van der Waals surface area contributed by atoms with Gasteiger partial charge in [0, 0.05) is 30.5 Å². The predicted molar refractivity (Wildman–Crippen MR) is 126 cm³/mol. The van der Waals surface area contributed by atoms with Crippen LogP contribution in [0, 0.1) is 0 Å². The van der Waals surface area contributed by atoms with Gasteiger partial charge in [0.2, 0.25) is 21.9 Å². The molecule has 2 heterocycles. The molecule has 184 valence electrons. The van der Waals surface area contributed by atoms with Crippen molar-refractivity contribution in [2.75, 3.05) is 26.9 Å². The molecular formula is C22H21F3N6O3S. The molecule has 4 N–H and O–H groups in total. The zero-order chi connectivity index (χ0) is 25.2. The zero-order valence-electron chi connectivity index (χ0n) is 18.4. The number of para-hydroxylation sites is 1. The number of anilines is 5. The number of hydrogen-bond acceptors (Lipinski definition) is 7. The van der Waals surface area contributed by atoms with Crippen molar-refractivity contribution in [2.45, 2.75) is 25.6 Å². The maximum absolute atomic E-state index is 13.6. The van der Waals surface area contributed by atoms with E-state index in [2.05, 4.69) is 30.6 Å². The van der Waals surface area contributed by atoms with E-state index in [-0.39, 0.29) is 24.1 Å². The third-order valence-corrected chi connectivity index (χ3v) is 5.71. The Hall–Kier alpha value is -3.87. The van der Waals surface area contributed by atoms with Gasteiger partial charge in [-0.15, -0.1) is 0 Å². The molecule has 0 atom stereocenters. The van der Waals surface area contributed by atoms with Crippen molar-refractivity contribution in [1.82, 2.24) is 9.97 Å². The van der Waals surface area contributed by atoms with Crippen molar-refractivity contribution in [1.29, 1.82) is 0 Å². The number of nitrogens with zero attached hydrogens (tertiary/aromatic N) is 2. The van der Waals surface area contributed by atoms with Crippen molar-refractivity contribution in [3.05, 3.63) is 65.4 Å². The summed E-state index contributed by atoms with van der Waals surface area (Å²) in [5.41, 5.74) is 1.64. The van der Waals surface area contributed by atoms with Gasteiger partial charge in [-0.2, -0.15) is 18.2 Å².